The summed E-state index contributed by atoms with van der Waals surface area (Å²) in [4.78, 5) is 16.9. The van der Waals surface area contributed by atoms with Crippen LogP contribution in [0, 0.1) is 0 Å². The second kappa shape index (κ2) is 10.5. The van der Waals surface area contributed by atoms with E-state index in [1.165, 1.54) is 4.70 Å². The van der Waals surface area contributed by atoms with Crippen molar-refractivity contribution in [2.75, 3.05) is 0 Å². The van der Waals surface area contributed by atoms with Crippen LogP contribution in [0.25, 0.3) is 10.2 Å². The molecule has 0 aliphatic rings. The van der Waals surface area contributed by atoms with Crippen LogP contribution >= 0.6 is 36.2 Å². The second-order valence-electron chi connectivity index (χ2n) is 5.99. The van der Waals surface area contributed by atoms with Gasteiger partial charge in [0.2, 0.25) is 5.91 Å². The van der Waals surface area contributed by atoms with Crippen LogP contribution in [0.3, 0.4) is 0 Å². The fourth-order valence-corrected chi connectivity index (χ4v) is 3.73. The fourth-order valence-electron chi connectivity index (χ4n) is 2.63. The number of amides is 1. The molecule has 0 aliphatic carbocycles. The minimum absolute atomic E-state index is 0. The number of nitrogens with one attached hydrogen (secondary N) is 1. The maximum Gasteiger partial charge on any atom is 0.237 e. The Labute approximate surface area is 170 Å². The highest BCUT2D eigenvalue weighted by Gasteiger charge is 2.17. The van der Waals surface area contributed by atoms with Gasteiger partial charge in [0.1, 0.15) is 0 Å². The third kappa shape index (κ3) is 5.95. The first-order chi connectivity index (χ1) is 11.6. The maximum atomic E-state index is 12.3. The van der Waals surface area contributed by atoms with Gasteiger partial charge in [0.15, 0.2) is 0 Å². The predicted molar refractivity (Wildman–Crippen MR) is 114 cm³/mol. The van der Waals surface area contributed by atoms with Gasteiger partial charge in [0.05, 0.1) is 21.3 Å². The lowest BCUT2D eigenvalue weighted by Gasteiger charge is -2.17. The van der Waals surface area contributed by atoms with Crippen LogP contribution < -0.4 is 11.1 Å². The molecule has 2 atom stereocenters. The van der Waals surface area contributed by atoms with Gasteiger partial charge >= 0.3 is 0 Å². The Hall–Kier alpha value is -1.66. The third-order valence-corrected chi connectivity index (χ3v) is 4.90. The molecule has 0 aliphatic heterocycles. The average Bonchev–Trinajstić information content (AvgIpc) is 2.97. The van der Waals surface area contributed by atoms with Crippen LogP contribution in [0.2, 0.25) is 0 Å². The monoisotopic (exact) mass is 411 g/mol. The van der Waals surface area contributed by atoms with E-state index in [0.29, 0.717) is 12.8 Å². The summed E-state index contributed by atoms with van der Waals surface area (Å²) in [5.41, 5.74) is 8.11. The van der Waals surface area contributed by atoms with Crippen molar-refractivity contribution in [2.45, 2.75) is 31.8 Å². The topological polar surface area (TPSA) is 68.0 Å². The average molecular weight is 412 g/mol. The lowest BCUT2D eigenvalue weighted by atomic mass is 10.1. The minimum Gasteiger partial charge on any atom is -0.352 e. The number of hydrogen-bond acceptors (Lipinski definition) is 4. The number of rotatable bonds is 6. The zero-order valence-electron chi connectivity index (χ0n) is 14.4. The van der Waals surface area contributed by atoms with Gasteiger partial charge in [-0.25, -0.2) is 4.98 Å². The van der Waals surface area contributed by atoms with Crippen molar-refractivity contribution in [1.82, 2.24) is 10.3 Å². The summed E-state index contributed by atoms with van der Waals surface area (Å²) in [6, 6.07) is 17.4. The van der Waals surface area contributed by atoms with Crippen molar-refractivity contribution < 1.29 is 4.79 Å². The van der Waals surface area contributed by atoms with E-state index in [0.717, 1.165) is 16.1 Å². The molecular weight excluding hydrogens is 389 g/mol. The molecule has 0 saturated heterocycles. The highest BCUT2D eigenvalue weighted by Crippen LogP contribution is 2.22. The van der Waals surface area contributed by atoms with E-state index in [1.54, 1.807) is 11.3 Å². The summed E-state index contributed by atoms with van der Waals surface area (Å²) in [6.07, 6.45) is 1.25. The first-order valence-corrected chi connectivity index (χ1v) is 8.88. The van der Waals surface area contributed by atoms with Crippen LogP contribution in [0.1, 0.15) is 17.5 Å². The number of para-hydroxylation sites is 1. The van der Waals surface area contributed by atoms with Gasteiger partial charge in [-0.2, -0.15) is 0 Å². The van der Waals surface area contributed by atoms with Crippen LogP contribution in [-0.2, 0) is 17.6 Å². The largest absolute Gasteiger partial charge is 0.352 e. The van der Waals surface area contributed by atoms with Crippen molar-refractivity contribution in [3.63, 3.8) is 0 Å². The standard InChI is InChI=1S/C19H21N3OS.2ClH/c1-13(11-18-22-16-9-5-6-10-17(16)24-18)21-19(23)15(20)12-14-7-3-2-4-8-14;;/h2-10,13,15H,11-12,20H2,1H3,(H,21,23);2*1H/t13?,15-;;/m0../s1. The molecule has 0 radical (unpaired) electrons. The molecule has 140 valence electrons. The molecule has 0 bridgehead atoms. The molecule has 3 N–H and O–H groups in total. The quantitative estimate of drug-likeness (QED) is 0.648. The molecule has 0 spiro atoms. The molecule has 0 saturated carbocycles. The number of nitrogens with zero attached hydrogens (tertiary/aromatic N) is 1. The zero-order chi connectivity index (χ0) is 16.9. The number of fused-ring (bicyclic) bond motifs is 1. The van der Waals surface area contributed by atoms with Gasteiger partial charge in [-0.15, -0.1) is 36.2 Å². The lowest BCUT2D eigenvalue weighted by Crippen LogP contribution is -2.46. The first kappa shape index (κ1) is 22.4. The zero-order valence-corrected chi connectivity index (χ0v) is 16.9. The van der Waals surface area contributed by atoms with E-state index >= 15 is 0 Å². The van der Waals surface area contributed by atoms with Crippen molar-refractivity contribution in [2.24, 2.45) is 5.73 Å². The Morgan fingerprint density at radius 3 is 2.42 bits per heavy atom. The van der Waals surface area contributed by atoms with Gasteiger partial charge < -0.3 is 11.1 Å². The van der Waals surface area contributed by atoms with Gasteiger partial charge in [-0.3, -0.25) is 4.79 Å². The molecule has 0 fully saturated rings. The van der Waals surface area contributed by atoms with E-state index in [-0.39, 0.29) is 36.8 Å². The number of hydrogen-bond donors (Lipinski definition) is 2. The SMILES string of the molecule is CC(Cc1nc2ccccc2s1)NC(=O)[C@@H](N)Cc1ccccc1.Cl.Cl. The second-order valence-corrected chi connectivity index (χ2v) is 7.10. The van der Waals surface area contributed by atoms with Gasteiger partial charge in [-0.05, 0) is 31.0 Å². The van der Waals surface area contributed by atoms with E-state index < -0.39 is 6.04 Å². The Morgan fingerprint density at radius 2 is 1.73 bits per heavy atom. The number of aromatic nitrogens is 1. The van der Waals surface area contributed by atoms with Gasteiger partial charge in [-0.1, -0.05) is 42.5 Å². The van der Waals surface area contributed by atoms with E-state index in [2.05, 4.69) is 16.4 Å². The molecule has 3 rings (SSSR count). The molecule has 3 aromatic rings. The van der Waals surface area contributed by atoms with Crippen LogP contribution in [0.15, 0.2) is 54.6 Å². The Kier molecular flexibility index (Phi) is 9.02. The molecule has 1 aromatic heterocycles. The summed E-state index contributed by atoms with van der Waals surface area (Å²) < 4.78 is 1.17. The number of carbonyl (C=O) groups excluding carboxylic acids is 1. The van der Waals surface area contributed by atoms with Crippen molar-refractivity contribution >= 4 is 52.3 Å². The van der Waals surface area contributed by atoms with Crippen LogP contribution in [-0.4, -0.2) is 23.0 Å². The number of thiazole rings is 1. The number of carbonyl (C=O) groups is 1. The third-order valence-electron chi connectivity index (χ3n) is 3.84. The number of benzene rings is 2. The normalized spacial score (nSPS) is 12.5. The maximum absolute atomic E-state index is 12.3. The summed E-state index contributed by atoms with van der Waals surface area (Å²) in [7, 11) is 0. The van der Waals surface area contributed by atoms with Crippen molar-refractivity contribution in [3.05, 3.63) is 65.2 Å². The highest BCUT2D eigenvalue weighted by molar-refractivity contribution is 7.18. The molecule has 4 nitrogen and oxygen atoms in total. The molecular formula is C19H23Cl2N3OS. The highest BCUT2D eigenvalue weighted by atomic mass is 35.5. The van der Waals surface area contributed by atoms with Crippen LogP contribution in [0.4, 0.5) is 0 Å². The Balaban J connectivity index is 0.00000169. The van der Waals surface area contributed by atoms with E-state index in [4.69, 9.17) is 5.73 Å². The fraction of sp³-hybridized carbons (Fsp3) is 0.263. The lowest BCUT2D eigenvalue weighted by molar-refractivity contribution is -0.122. The van der Waals surface area contributed by atoms with Crippen molar-refractivity contribution in [1.29, 1.82) is 0 Å². The number of halogens is 2. The summed E-state index contributed by atoms with van der Waals surface area (Å²) in [5, 5.41) is 4.02. The summed E-state index contributed by atoms with van der Waals surface area (Å²) in [6.45, 7) is 1.99. The van der Waals surface area contributed by atoms with Gasteiger partial charge in [0.25, 0.3) is 0 Å². The summed E-state index contributed by atoms with van der Waals surface area (Å²) >= 11 is 1.67. The van der Waals surface area contributed by atoms with Gasteiger partial charge in [0, 0.05) is 12.5 Å². The molecule has 7 heteroatoms. The molecule has 1 amide bonds. The summed E-state index contributed by atoms with van der Waals surface area (Å²) in [5.74, 6) is -0.118. The Bertz CT molecular complexity index is 793. The smallest absolute Gasteiger partial charge is 0.237 e. The van der Waals surface area contributed by atoms with Crippen molar-refractivity contribution in [3.8, 4) is 0 Å². The predicted octanol–water partition coefficient (Wildman–Crippen LogP) is 3.76. The Morgan fingerprint density at radius 1 is 1.08 bits per heavy atom. The number of nitrogens with two attached hydrogens (primary N) is 1. The molecule has 26 heavy (non-hydrogen) atoms. The van der Waals surface area contributed by atoms with Crippen LogP contribution in [0.5, 0.6) is 0 Å². The van der Waals surface area contributed by atoms with E-state index in [9.17, 15) is 4.79 Å². The van der Waals surface area contributed by atoms with E-state index in [1.807, 2.05) is 55.5 Å². The molecule has 1 unspecified atom stereocenters. The molecule has 1 heterocycles. The first-order valence-electron chi connectivity index (χ1n) is 8.06. The molecule has 2 aromatic carbocycles. The minimum atomic E-state index is -0.537.